The Hall–Kier alpha value is -1.29. The standard InChI is InChI=1S/C13H21FN2O6/c1-13(2,3)22-9-7(5-17)21-11(8(9)18)16-4-6(14)10(19)15-12(16)20/h6-9,11,17-18H,4-5H2,1-3H3,(H,15,19,20)/t6?,7-,8?,9?,11-/m1/s1. The van der Waals surface area contributed by atoms with Gasteiger partial charge in [-0.1, -0.05) is 0 Å². The van der Waals surface area contributed by atoms with Crippen LogP contribution in [0.1, 0.15) is 20.8 Å². The first-order valence-corrected chi connectivity index (χ1v) is 7.02. The van der Waals surface area contributed by atoms with E-state index in [4.69, 9.17) is 9.47 Å². The number of urea groups is 1. The normalized spacial score (nSPS) is 36.6. The number of nitrogens with zero attached hydrogens (tertiary/aromatic N) is 1. The molecule has 0 aromatic rings. The number of carbonyl (C=O) groups is 2. The Labute approximate surface area is 127 Å². The van der Waals surface area contributed by atoms with E-state index in [9.17, 15) is 24.2 Å². The Bertz CT molecular complexity index is 454. The van der Waals surface area contributed by atoms with Gasteiger partial charge in [0.05, 0.1) is 18.8 Å². The summed E-state index contributed by atoms with van der Waals surface area (Å²) in [7, 11) is 0. The molecule has 0 aromatic heterocycles. The summed E-state index contributed by atoms with van der Waals surface area (Å²) in [6.07, 6.45) is -6.11. The zero-order valence-corrected chi connectivity index (χ0v) is 12.7. The predicted molar refractivity (Wildman–Crippen MR) is 71.5 cm³/mol. The molecule has 3 amide bonds. The van der Waals surface area contributed by atoms with Crippen LogP contribution in [0, 0.1) is 0 Å². The molecule has 2 saturated heterocycles. The molecular formula is C13H21FN2O6. The number of halogens is 1. The first-order chi connectivity index (χ1) is 10.1. The van der Waals surface area contributed by atoms with Crippen LogP contribution in [0.4, 0.5) is 9.18 Å². The van der Waals surface area contributed by atoms with Crippen molar-refractivity contribution in [1.29, 1.82) is 0 Å². The lowest BCUT2D eigenvalue weighted by molar-refractivity contribution is -0.132. The van der Waals surface area contributed by atoms with E-state index in [0.29, 0.717) is 0 Å². The third kappa shape index (κ3) is 3.37. The minimum absolute atomic E-state index is 0.429. The fourth-order valence-corrected chi connectivity index (χ4v) is 2.49. The molecule has 2 aliphatic heterocycles. The maximum Gasteiger partial charge on any atom is 0.326 e. The molecule has 0 radical (unpaired) electrons. The zero-order valence-electron chi connectivity index (χ0n) is 12.7. The maximum absolute atomic E-state index is 13.5. The lowest BCUT2D eigenvalue weighted by Gasteiger charge is -2.34. The zero-order chi connectivity index (χ0) is 16.7. The summed E-state index contributed by atoms with van der Waals surface area (Å²) in [5.74, 6) is -1.02. The number of aliphatic hydroxyl groups is 2. The first-order valence-electron chi connectivity index (χ1n) is 7.02. The second kappa shape index (κ2) is 6.07. The van der Waals surface area contributed by atoms with E-state index in [2.05, 4.69) is 0 Å². The smallest absolute Gasteiger partial charge is 0.326 e. The topological polar surface area (TPSA) is 108 Å². The molecular weight excluding hydrogens is 299 g/mol. The van der Waals surface area contributed by atoms with E-state index in [-0.39, 0.29) is 0 Å². The highest BCUT2D eigenvalue weighted by Gasteiger charge is 2.51. The van der Waals surface area contributed by atoms with E-state index in [0.717, 1.165) is 4.90 Å². The van der Waals surface area contributed by atoms with Crippen LogP contribution in [-0.4, -0.2) is 76.5 Å². The SMILES string of the molecule is CC(C)(C)OC1C(O)[C@H](N2CC(F)C(=O)NC2=O)O[C@@H]1CO. The molecule has 5 atom stereocenters. The van der Waals surface area contributed by atoms with Crippen molar-refractivity contribution in [2.75, 3.05) is 13.2 Å². The van der Waals surface area contributed by atoms with Crippen molar-refractivity contribution in [3.8, 4) is 0 Å². The second-order valence-electron chi connectivity index (χ2n) is 6.35. The molecule has 0 aliphatic carbocycles. The van der Waals surface area contributed by atoms with Crippen molar-refractivity contribution >= 4 is 11.9 Å². The number of aliphatic hydroxyl groups excluding tert-OH is 2. The van der Waals surface area contributed by atoms with Gasteiger partial charge in [-0.25, -0.2) is 9.18 Å². The van der Waals surface area contributed by atoms with Gasteiger partial charge in [-0.3, -0.25) is 15.0 Å². The van der Waals surface area contributed by atoms with E-state index in [1.807, 2.05) is 5.32 Å². The Morgan fingerprint density at radius 2 is 2.09 bits per heavy atom. The third-order valence-corrected chi connectivity index (χ3v) is 3.42. The average Bonchev–Trinajstić information content (AvgIpc) is 2.69. The fraction of sp³-hybridized carbons (Fsp3) is 0.846. The van der Waals surface area contributed by atoms with Crippen molar-refractivity contribution in [2.45, 2.75) is 57.1 Å². The van der Waals surface area contributed by atoms with Gasteiger partial charge in [-0.2, -0.15) is 0 Å². The van der Waals surface area contributed by atoms with Crippen LogP contribution in [-0.2, 0) is 14.3 Å². The molecule has 0 spiro atoms. The monoisotopic (exact) mass is 320 g/mol. The minimum Gasteiger partial charge on any atom is -0.394 e. The Morgan fingerprint density at radius 3 is 2.64 bits per heavy atom. The molecule has 126 valence electrons. The van der Waals surface area contributed by atoms with Crippen LogP contribution in [0.2, 0.25) is 0 Å². The van der Waals surface area contributed by atoms with Crippen molar-refractivity contribution in [1.82, 2.24) is 10.2 Å². The molecule has 2 heterocycles. The molecule has 8 nitrogen and oxygen atoms in total. The lowest BCUT2D eigenvalue weighted by atomic mass is 10.1. The number of ether oxygens (including phenoxy) is 2. The van der Waals surface area contributed by atoms with Gasteiger partial charge in [-0.15, -0.1) is 0 Å². The van der Waals surface area contributed by atoms with Crippen LogP contribution in [0.5, 0.6) is 0 Å². The number of carbonyl (C=O) groups excluding carboxylic acids is 2. The maximum atomic E-state index is 13.5. The molecule has 0 bridgehead atoms. The van der Waals surface area contributed by atoms with Gasteiger partial charge in [0.1, 0.15) is 18.3 Å². The van der Waals surface area contributed by atoms with Crippen molar-refractivity contribution < 1.29 is 33.7 Å². The molecule has 0 saturated carbocycles. The van der Waals surface area contributed by atoms with Gasteiger partial charge in [0, 0.05) is 0 Å². The molecule has 3 N–H and O–H groups in total. The number of nitrogens with one attached hydrogen (secondary N) is 1. The molecule has 2 aliphatic rings. The number of amides is 3. The summed E-state index contributed by atoms with van der Waals surface area (Å²) < 4.78 is 24.6. The van der Waals surface area contributed by atoms with Gasteiger partial charge in [0.2, 0.25) is 0 Å². The van der Waals surface area contributed by atoms with E-state index >= 15 is 0 Å². The summed E-state index contributed by atoms with van der Waals surface area (Å²) in [6, 6.07) is -0.851. The highest BCUT2D eigenvalue weighted by atomic mass is 19.1. The molecule has 2 rings (SSSR count). The Morgan fingerprint density at radius 1 is 1.45 bits per heavy atom. The Kier molecular flexibility index (Phi) is 4.71. The summed E-state index contributed by atoms with van der Waals surface area (Å²) in [5, 5.41) is 21.6. The summed E-state index contributed by atoms with van der Waals surface area (Å²) in [5.41, 5.74) is -0.611. The van der Waals surface area contributed by atoms with E-state index in [1.54, 1.807) is 20.8 Å². The number of imide groups is 1. The molecule has 22 heavy (non-hydrogen) atoms. The van der Waals surface area contributed by atoms with Crippen LogP contribution in [0.25, 0.3) is 0 Å². The number of rotatable bonds is 3. The van der Waals surface area contributed by atoms with Crippen molar-refractivity contribution in [3.05, 3.63) is 0 Å². The van der Waals surface area contributed by atoms with Crippen LogP contribution in [0.15, 0.2) is 0 Å². The first kappa shape index (κ1) is 17.1. The van der Waals surface area contributed by atoms with Crippen LogP contribution >= 0.6 is 0 Å². The largest absolute Gasteiger partial charge is 0.394 e. The minimum atomic E-state index is -1.90. The predicted octanol–water partition coefficient (Wildman–Crippen LogP) is -0.862. The summed E-state index contributed by atoms with van der Waals surface area (Å²) >= 11 is 0. The lowest BCUT2D eigenvalue weighted by Crippen LogP contribution is -2.61. The highest BCUT2D eigenvalue weighted by Crippen LogP contribution is 2.30. The molecule has 3 unspecified atom stereocenters. The summed E-state index contributed by atoms with van der Waals surface area (Å²) in [4.78, 5) is 23.8. The van der Waals surface area contributed by atoms with Gasteiger partial charge >= 0.3 is 6.03 Å². The summed E-state index contributed by atoms with van der Waals surface area (Å²) in [6.45, 7) is 4.36. The molecule has 9 heteroatoms. The number of alkyl halides is 1. The Balaban J connectivity index is 2.15. The van der Waals surface area contributed by atoms with Gasteiger partial charge in [-0.05, 0) is 20.8 Å². The van der Waals surface area contributed by atoms with Crippen molar-refractivity contribution in [2.24, 2.45) is 0 Å². The number of hydrogen-bond acceptors (Lipinski definition) is 6. The van der Waals surface area contributed by atoms with E-state index < -0.39 is 61.4 Å². The molecule has 2 fully saturated rings. The second-order valence-corrected chi connectivity index (χ2v) is 6.35. The fourth-order valence-electron chi connectivity index (χ4n) is 2.49. The quantitative estimate of drug-likeness (QED) is 0.624. The number of hydrogen-bond donors (Lipinski definition) is 3. The van der Waals surface area contributed by atoms with Gasteiger partial charge in [0.15, 0.2) is 12.4 Å². The molecule has 0 aromatic carbocycles. The highest BCUT2D eigenvalue weighted by molar-refractivity contribution is 5.99. The van der Waals surface area contributed by atoms with Gasteiger partial charge < -0.3 is 19.7 Å². The van der Waals surface area contributed by atoms with Gasteiger partial charge in [0.25, 0.3) is 5.91 Å². The van der Waals surface area contributed by atoms with Crippen molar-refractivity contribution in [3.63, 3.8) is 0 Å². The van der Waals surface area contributed by atoms with E-state index in [1.165, 1.54) is 0 Å². The third-order valence-electron chi connectivity index (χ3n) is 3.42. The van der Waals surface area contributed by atoms with Crippen LogP contribution in [0.3, 0.4) is 0 Å². The van der Waals surface area contributed by atoms with Crippen LogP contribution < -0.4 is 5.32 Å². The average molecular weight is 320 g/mol.